The van der Waals surface area contributed by atoms with Crippen LogP contribution in [0.15, 0.2) is 0 Å². The second kappa shape index (κ2) is 4.76. The van der Waals surface area contributed by atoms with Crippen LogP contribution in [0.1, 0.15) is 0 Å². The van der Waals surface area contributed by atoms with Gasteiger partial charge in [0.1, 0.15) is 0 Å². The van der Waals surface area contributed by atoms with E-state index in [4.69, 9.17) is 14.7 Å². The minimum atomic E-state index is -5.14. The molecule has 9 nitrogen and oxygen atoms in total. The zero-order valence-corrected chi connectivity index (χ0v) is 10.2. The third-order valence-corrected chi connectivity index (χ3v) is 5.75. The van der Waals surface area contributed by atoms with Gasteiger partial charge in [0, 0.05) is 7.11 Å². The van der Waals surface area contributed by atoms with Gasteiger partial charge in [0.05, 0.1) is 0 Å². The number of hydrogen-bond donors (Lipinski definition) is 4. The van der Waals surface area contributed by atoms with E-state index in [1.54, 1.807) is 0 Å². The summed E-state index contributed by atoms with van der Waals surface area (Å²) in [5.74, 6) is 0. The van der Waals surface area contributed by atoms with Gasteiger partial charge in [-0.1, -0.05) is 12.2 Å². The Morgan fingerprint density at radius 2 is 1.50 bits per heavy atom. The molecule has 3 N–H and O–H groups in total. The second-order valence-electron chi connectivity index (χ2n) is 1.77. The molecule has 2 unspecified atom stereocenters. The zero-order chi connectivity index (χ0) is 11.6. The van der Waals surface area contributed by atoms with Gasteiger partial charge >= 0.3 is 22.4 Å². The molecule has 13 heteroatoms. The van der Waals surface area contributed by atoms with E-state index in [2.05, 4.69) is 25.4 Å². The summed E-state index contributed by atoms with van der Waals surface area (Å²) >= 11 is 3.03. The van der Waals surface area contributed by atoms with E-state index < -0.39 is 22.4 Å². The van der Waals surface area contributed by atoms with Gasteiger partial charge in [0.2, 0.25) is 0 Å². The highest BCUT2D eigenvalue weighted by atomic mass is 32.7. The maximum atomic E-state index is 10.9. The van der Waals surface area contributed by atoms with E-state index in [0.717, 1.165) is 7.11 Å². The van der Waals surface area contributed by atoms with Gasteiger partial charge in [0.25, 0.3) is 0 Å². The van der Waals surface area contributed by atoms with E-state index in [1.165, 1.54) is 0 Å². The molecule has 0 aromatic rings. The summed E-state index contributed by atoms with van der Waals surface area (Å²) in [4.78, 5) is 25.0. The Labute approximate surface area is 83.9 Å². The van der Waals surface area contributed by atoms with Crippen molar-refractivity contribution in [1.29, 1.82) is 0 Å². The minimum absolute atomic E-state index is 0.756. The first kappa shape index (κ1) is 14.8. The Kier molecular flexibility index (Phi) is 5.03. The Morgan fingerprint density at radius 3 is 1.79 bits per heavy atom. The standard InChI is InChI=1S/CH7O9P3S/c1-8-12(5,6)10-13(7,14)9-11(2,3)4/h1H3,(H,5,6)(H,7,14)(H2,2,3,4). The molecule has 0 saturated heterocycles. The Hall–Kier alpha value is 0.800. The third-order valence-electron chi connectivity index (χ3n) is 0.647. The average Bonchev–Trinajstić information content (AvgIpc) is 1.78. The lowest BCUT2D eigenvalue weighted by Crippen LogP contribution is -1.90. The van der Waals surface area contributed by atoms with E-state index in [1.807, 2.05) is 0 Å². The van der Waals surface area contributed by atoms with Crippen LogP contribution in [0.4, 0.5) is 0 Å². The molecule has 0 aromatic carbocycles. The lowest BCUT2D eigenvalue weighted by Gasteiger charge is -2.15. The average molecular weight is 288 g/mol. The molecule has 0 bridgehead atoms. The summed E-state index contributed by atoms with van der Waals surface area (Å²) in [7, 11) is -9.07. The van der Waals surface area contributed by atoms with E-state index >= 15 is 0 Å². The fraction of sp³-hybridized carbons (Fsp3) is 1.00. The number of rotatable bonds is 5. The molecule has 0 aliphatic rings. The molecule has 0 spiro atoms. The molecular formula is CH7O9P3S. The molecule has 0 heterocycles. The molecular weight excluding hydrogens is 281 g/mol. The monoisotopic (exact) mass is 288 g/mol. The molecule has 86 valence electrons. The van der Waals surface area contributed by atoms with Crippen LogP contribution < -0.4 is 0 Å². The van der Waals surface area contributed by atoms with Crippen LogP contribution >= 0.6 is 34.7 Å². The molecule has 0 radical (unpaired) electrons. The molecule has 0 aromatic heterocycles. The molecule has 0 aliphatic carbocycles. The fourth-order valence-corrected chi connectivity index (χ4v) is 4.77. The molecule has 0 fully saturated rings. The van der Waals surface area contributed by atoms with Crippen LogP contribution in [0.2, 0.25) is 0 Å². The topological polar surface area (TPSA) is 140 Å². The first-order valence-corrected chi connectivity index (χ1v) is 8.39. The Morgan fingerprint density at radius 1 is 1.07 bits per heavy atom. The fourth-order valence-electron chi connectivity index (χ4n) is 0.313. The van der Waals surface area contributed by atoms with Gasteiger partial charge in [-0.25, -0.2) is 13.7 Å². The number of hydrogen-bond acceptors (Lipinski definition) is 6. The smallest absolute Gasteiger partial charge is 0.302 e. The maximum Gasteiger partial charge on any atom is 0.479 e. The van der Waals surface area contributed by atoms with Crippen LogP contribution in [-0.2, 0) is 26.8 Å². The molecule has 0 rings (SSSR count). The number of phosphoric ester groups is 1. The predicted octanol–water partition coefficient (Wildman–Crippen LogP) is 0.897. The molecule has 0 aliphatic heterocycles. The van der Waals surface area contributed by atoms with E-state index in [-0.39, 0.29) is 0 Å². The van der Waals surface area contributed by atoms with E-state index in [9.17, 15) is 13.7 Å². The van der Waals surface area contributed by atoms with Crippen molar-refractivity contribution >= 4 is 34.7 Å². The second-order valence-corrected chi connectivity index (χ2v) is 7.77. The van der Waals surface area contributed by atoms with Crippen LogP contribution in [0.3, 0.4) is 0 Å². The SMILES string of the molecule is COP(=O)(O)OP(=O)(S)OP(=O)(O)O. The molecule has 14 heavy (non-hydrogen) atoms. The van der Waals surface area contributed by atoms with Crippen LogP contribution in [0.25, 0.3) is 0 Å². The number of thiol groups is 1. The van der Waals surface area contributed by atoms with Crippen molar-refractivity contribution in [1.82, 2.24) is 0 Å². The summed E-state index contributed by atoms with van der Waals surface area (Å²) < 4.78 is 42.8. The summed E-state index contributed by atoms with van der Waals surface area (Å²) in [5, 5.41) is 0. The van der Waals surface area contributed by atoms with Gasteiger partial charge in [-0.2, -0.15) is 8.62 Å². The van der Waals surface area contributed by atoms with Gasteiger partial charge in [-0.3, -0.25) is 4.52 Å². The Bertz CT molecular complexity index is 329. The van der Waals surface area contributed by atoms with Crippen LogP contribution in [0.5, 0.6) is 0 Å². The highest BCUT2D eigenvalue weighted by Gasteiger charge is 2.38. The first-order valence-electron chi connectivity index (χ1n) is 2.67. The third kappa shape index (κ3) is 7.14. The van der Waals surface area contributed by atoms with Crippen LogP contribution in [-0.4, -0.2) is 21.8 Å². The summed E-state index contributed by atoms with van der Waals surface area (Å²) in [6.45, 7) is -4.66. The van der Waals surface area contributed by atoms with Crippen molar-refractivity contribution in [3.63, 3.8) is 0 Å². The van der Waals surface area contributed by atoms with Gasteiger partial charge < -0.3 is 14.7 Å². The van der Waals surface area contributed by atoms with Gasteiger partial charge in [0.15, 0.2) is 0 Å². The summed E-state index contributed by atoms with van der Waals surface area (Å²) in [6.07, 6.45) is 0. The molecule has 0 saturated carbocycles. The van der Waals surface area contributed by atoms with Crippen LogP contribution in [0, 0.1) is 0 Å². The maximum absolute atomic E-state index is 10.9. The summed E-state index contributed by atoms with van der Waals surface area (Å²) in [6, 6.07) is 0. The normalized spacial score (nSPS) is 21.2. The van der Waals surface area contributed by atoms with Crippen molar-refractivity contribution < 1.29 is 41.5 Å². The lowest BCUT2D eigenvalue weighted by molar-refractivity contribution is 0.226. The van der Waals surface area contributed by atoms with E-state index in [0.29, 0.717) is 0 Å². The van der Waals surface area contributed by atoms with Gasteiger partial charge in [-0.15, -0.1) is 0 Å². The Balaban J connectivity index is 4.60. The lowest BCUT2D eigenvalue weighted by atomic mass is 11.8. The molecule has 0 amide bonds. The zero-order valence-electron chi connectivity index (χ0n) is 6.58. The van der Waals surface area contributed by atoms with Crippen molar-refractivity contribution in [3.8, 4) is 0 Å². The largest absolute Gasteiger partial charge is 0.479 e. The quantitative estimate of drug-likeness (QED) is 0.429. The highest BCUT2D eigenvalue weighted by molar-refractivity contribution is 8.45. The van der Waals surface area contributed by atoms with Crippen molar-refractivity contribution in [2.75, 3.05) is 7.11 Å². The number of phosphoric acid groups is 2. The van der Waals surface area contributed by atoms with Crippen molar-refractivity contribution in [2.24, 2.45) is 0 Å². The first-order chi connectivity index (χ1) is 5.97. The predicted molar refractivity (Wildman–Crippen MR) is 47.6 cm³/mol. The van der Waals surface area contributed by atoms with Gasteiger partial charge in [-0.05, 0) is 0 Å². The summed E-state index contributed by atoms with van der Waals surface area (Å²) in [5.41, 5.74) is 0. The molecule has 2 atom stereocenters. The highest BCUT2D eigenvalue weighted by Crippen LogP contribution is 2.70. The van der Waals surface area contributed by atoms with Crippen molar-refractivity contribution in [2.45, 2.75) is 0 Å². The van der Waals surface area contributed by atoms with Crippen molar-refractivity contribution in [3.05, 3.63) is 0 Å². The minimum Gasteiger partial charge on any atom is -0.302 e.